The lowest BCUT2D eigenvalue weighted by molar-refractivity contribution is 0.310. The fraction of sp³-hybridized carbons (Fsp3) is 0.222. The van der Waals surface area contributed by atoms with E-state index >= 15 is 0 Å². The molecule has 0 saturated carbocycles. The van der Waals surface area contributed by atoms with Gasteiger partial charge in [0.1, 0.15) is 0 Å². The normalized spacial score (nSPS) is 11.0. The molecule has 0 radical (unpaired) electrons. The highest BCUT2D eigenvalue weighted by atomic mass is 32.2. The standard InChI is InChI=1S/C9H9N7O2S/c1-16-3-2-11-9(16)19-4-5-12-8(15-17-5)6-7(10)14-18-13-6/h2-3H,4H2,1H3,(H2,10,14). The van der Waals surface area contributed by atoms with Gasteiger partial charge >= 0.3 is 0 Å². The van der Waals surface area contributed by atoms with Crippen LogP contribution in [-0.4, -0.2) is 30.0 Å². The average molecular weight is 279 g/mol. The lowest BCUT2D eigenvalue weighted by atomic mass is 10.4. The van der Waals surface area contributed by atoms with Gasteiger partial charge in [0.25, 0.3) is 0 Å². The molecule has 0 fully saturated rings. The van der Waals surface area contributed by atoms with Crippen molar-refractivity contribution in [3.05, 3.63) is 18.3 Å². The number of aromatic nitrogens is 6. The monoisotopic (exact) mass is 279 g/mol. The lowest BCUT2D eigenvalue weighted by Gasteiger charge is -1.97. The van der Waals surface area contributed by atoms with Gasteiger partial charge in [0, 0.05) is 19.4 Å². The maximum absolute atomic E-state index is 5.55. The number of anilines is 1. The average Bonchev–Trinajstić information content (AvgIpc) is 3.08. The lowest BCUT2D eigenvalue weighted by Crippen LogP contribution is -1.91. The Morgan fingerprint density at radius 1 is 1.37 bits per heavy atom. The molecule has 0 atom stereocenters. The Morgan fingerprint density at radius 3 is 2.95 bits per heavy atom. The van der Waals surface area contributed by atoms with Gasteiger partial charge in [-0.15, -0.1) is 0 Å². The summed E-state index contributed by atoms with van der Waals surface area (Å²) in [5, 5.41) is 11.7. The van der Waals surface area contributed by atoms with E-state index in [0.29, 0.717) is 11.6 Å². The van der Waals surface area contributed by atoms with Gasteiger partial charge < -0.3 is 14.8 Å². The summed E-state index contributed by atoms with van der Waals surface area (Å²) >= 11 is 1.49. The molecule has 0 spiro atoms. The molecule has 10 heteroatoms. The third-order valence-corrected chi connectivity index (χ3v) is 3.34. The molecule has 9 nitrogen and oxygen atoms in total. The SMILES string of the molecule is Cn1ccnc1SCc1nc(-c2nonc2N)no1. The van der Waals surface area contributed by atoms with Crippen LogP contribution in [-0.2, 0) is 12.8 Å². The van der Waals surface area contributed by atoms with Crippen molar-refractivity contribution in [1.82, 2.24) is 30.0 Å². The molecular weight excluding hydrogens is 270 g/mol. The van der Waals surface area contributed by atoms with Crippen LogP contribution in [0, 0.1) is 0 Å². The predicted octanol–water partition coefficient (Wildman–Crippen LogP) is 0.728. The van der Waals surface area contributed by atoms with Crippen molar-refractivity contribution < 1.29 is 9.15 Å². The van der Waals surface area contributed by atoms with E-state index in [0.717, 1.165) is 5.16 Å². The first-order chi connectivity index (χ1) is 9.24. The minimum atomic E-state index is 0.129. The van der Waals surface area contributed by atoms with Gasteiger partial charge in [0.2, 0.25) is 11.7 Å². The number of thioether (sulfide) groups is 1. The first-order valence-electron chi connectivity index (χ1n) is 5.25. The van der Waals surface area contributed by atoms with Crippen LogP contribution < -0.4 is 5.73 Å². The minimum Gasteiger partial charge on any atom is -0.379 e. The molecule has 3 aromatic heterocycles. The number of nitrogens with zero attached hydrogens (tertiary/aromatic N) is 6. The molecule has 0 aliphatic rings. The van der Waals surface area contributed by atoms with E-state index in [1.807, 2.05) is 17.8 Å². The van der Waals surface area contributed by atoms with E-state index in [-0.39, 0.29) is 17.3 Å². The summed E-state index contributed by atoms with van der Waals surface area (Å²) in [4.78, 5) is 8.34. The fourth-order valence-corrected chi connectivity index (χ4v) is 2.15. The minimum absolute atomic E-state index is 0.129. The molecular formula is C9H9N7O2S. The first-order valence-corrected chi connectivity index (χ1v) is 6.23. The molecule has 0 saturated heterocycles. The highest BCUT2D eigenvalue weighted by molar-refractivity contribution is 7.98. The molecule has 3 aromatic rings. The molecule has 19 heavy (non-hydrogen) atoms. The van der Waals surface area contributed by atoms with Gasteiger partial charge in [-0.3, -0.25) is 0 Å². The van der Waals surface area contributed by atoms with Crippen LogP contribution in [0.5, 0.6) is 0 Å². The van der Waals surface area contributed by atoms with E-state index in [9.17, 15) is 0 Å². The van der Waals surface area contributed by atoms with E-state index in [2.05, 4.69) is 30.1 Å². The summed E-state index contributed by atoms with van der Waals surface area (Å²) in [6.07, 6.45) is 3.59. The smallest absolute Gasteiger partial charge is 0.237 e. The number of aryl methyl sites for hydroxylation is 1. The highest BCUT2D eigenvalue weighted by Gasteiger charge is 2.16. The van der Waals surface area contributed by atoms with Crippen LogP contribution in [0.4, 0.5) is 5.82 Å². The van der Waals surface area contributed by atoms with Gasteiger partial charge in [-0.25, -0.2) is 9.61 Å². The van der Waals surface area contributed by atoms with Crippen LogP contribution in [0.25, 0.3) is 11.5 Å². The first kappa shape index (κ1) is 11.7. The van der Waals surface area contributed by atoms with Gasteiger partial charge in [-0.05, 0) is 10.3 Å². The topological polar surface area (TPSA) is 122 Å². The second-order valence-corrected chi connectivity index (χ2v) is 4.56. The van der Waals surface area contributed by atoms with E-state index < -0.39 is 0 Å². The second-order valence-electron chi connectivity index (χ2n) is 3.62. The van der Waals surface area contributed by atoms with Crippen LogP contribution in [0.2, 0.25) is 0 Å². The number of rotatable bonds is 4. The number of hydrogen-bond donors (Lipinski definition) is 1. The molecule has 2 N–H and O–H groups in total. The molecule has 0 aliphatic carbocycles. The van der Waals surface area contributed by atoms with Crippen molar-refractivity contribution in [3.8, 4) is 11.5 Å². The predicted molar refractivity (Wildman–Crippen MR) is 64.8 cm³/mol. The molecule has 0 aliphatic heterocycles. The van der Waals surface area contributed by atoms with Crippen LogP contribution in [0.1, 0.15) is 5.89 Å². The van der Waals surface area contributed by atoms with Crippen molar-refractivity contribution in [2.24, 2.45) is 7.05 Å². The largest absolute Gasteiger partial charge is 0.379 e. The van der Waals surface area contributed by atoms with Gasteiger partial charge in [-0.2, -0.15) is 4.98 Å². The van der Waals surface area contributed by atoms with Gasteiger partial charge in [0.15, 0.2) is 16.7 Å². The number of imidazole rings is 1. The highest BCUT2D eigenvalue weighted by Crippen LogP contribution is 2.22. The molecule has 0 unspecified atom stereocenters. The number of nitrogens with two attached hydrogens (primary N) is 1. The zero-order valence-electron chi connectivity index (χ0n) is 9.85. The Kier molecular flexibility index (Phi) is 2.91. The van der Waals surface area contributed by atoms with E-state index in [1.54, 1.807) is 6.20 Å². The summed E-state index contributed by atoms with van der Waals surface area (Å²) < 4.78 is 11.5. The Morgan fingerprint density at radius 2 is 2.26 bits per heavy atom. The third kappa shape index (κ3) is 2.29. The molecule has 98 valence electrons. The number of nitrogen functional groups attached to an aromatic ring is 1. The second kappa shape index (κ2) is 4.72. The Hall–Kier alpha value is -2.36. The molecule has 0 aromatic carbocycles. The van der Waals surface area contributed by atoms with Gasteiger partial charge in [0.05, 0.1) is 5.75 Å². The summed E-state index contributed by atoms with van der Waals surface area (Å²) in [7, 11) is 1.91. The zero-order valence-corrected chi connectivity index (χ0v) is 10.7. The van der Waals surface area contributed by atoms with E-state index in [1.165, 1.54) is 11.8 Å². The van der Waals surface area contributed by atoms with E-state index in [4.69, 9.17) is 10.3 Å². The number of hydrogen-bond acceptors (Lipinski definition) is 9. The summed E-state index contributed by atoms with van der Waals surface area (Å²) in [6, 6.07) is 0. The quantitative estimate of drug-likeness (QED) is 0.688. The Labute approximate surface area is 111 Å². The van der Waals surface area contributed by atoms with Crippen molar-refractivity contribution in [2.45, 2.75) is 10.9 Å². The Bertz CT molecular complexity index is 688. The summed E-state index contributed by atoms with van der Waals surface area (Å²) in [6.45, 7) is 0. The van der Waals surface area contributed by atoms with Crippen LogP contribution in [0.15, 0.2) is 26.7 Å². The zero-order chi connectivity index (χ0) is 13.2. The van der Waals surface area contributed by atoms with Crippen molar-refractivity contribution in [1.29, 1.82) is 0 Å². The molecule has 0 amide bonds. The maximum atomic E-state index is 5.55. The van der Waals surface area contributed by atoms with Crippen LogP contribution >= 0.6 is 11.8 Å². The summed E-state index contributed by atoms with van der Waals surface area (Å²) in [5.74, 6) is 1.34. The molecule has 3 rings (SSSR count). The Balaban J connectivity index is 1.72. The molecule has 3 heterocycles. The maximum Gasteiger partial charge on any atom is 0.237 e. The van der Waals surface area contributed by atoms with Crippen molar-refractivity contribution in [3.63, 3.8) is 0 Å². The van der Waals surface area contributed by atoms with Crippen molar-refractivity contribution >= 4 is 17.6 Å². The summed E-state index contributed by atoms with van der Waals surface area (Å²) in [5.41, 5.74) is 5.82. The molecule has 0 bridgehead atoms. The van der Waals surface area contributed by atoms with Gasteiger partial charge in [-0.1, -0.05) is 16.9 Å². The fourth-order valence-electron chi connectivity index (χ4n) is 1.38. The van der Waals surface area contributed by atoms with Crippen molar-refractivity contribution in [2.75, 3.05) is 5.73 Å². The van der Waals surface area contributed by atoms with Crippen LogP contribution in [0.3, 0.4) is 0 Å². The third-order valence-electron chi connectivity index (χ3n) is 2.30.